The largest absolute Gasteiger partial charge is 0.478 e. The summed E-state index contributed by atoms with van der Waals surface area (Å²) in [6, 6.07) is 7.94. The predicted octanol–water partition coefficient (Wildman–Crippen LogP) is 4.77. The van der Waals surface area contributed by atoms with Crippen LogP contribution in [-0.4, -0.2) is 18.2 Å². The summed E-state index contributed by atoms with van der Waals surface area (Å²) in [6.07, 6.45) is 2.85. The molecule has 1 aromatic carbocycles. The second-order valence-electron chi connectivity index (χ2n) is 6.94. The first kappa shape index (κ1) is 16.2. The maximum absolute atomic E-state index is 11.9. The maximum atomic E-state index is 11.9. The molecule has 0 unspecified atom stereocenters. The molecule has 0 saturated heterocycles. The summed E-state index contributed by atoms with van der Waals surface area (Å²) in [5, 5.41) is 9.80. The molecule has 0 radical (unpaired) electrons. The van der Waals surface area contributed by atoms with E-state index in [4.69, 9.17) is 4.74 Å². The minimum absolute atomic E-state index is 0.247. The van der Waals surface area contributed by atoms with Gasteiger partial charge in [-0.15, -0.1) is 11.3 Å². The van der Waals surface area contributed by atoms with Crippen LogP contribution in [0.4, 0.5) is 0 Å². The molecular weight excluding hydrogens is 308 g/mol. The van der Waals surface area contributed by atoms with Crippen LogP contribution in [0.1, 0.15) is 46.6 Å². The molecule has 0 fully saturated rings. The first-order chi connectivity index (χ1) is 10.9. The van der Waals surface area contributed by atoms with Crippen LogP contribution in [-0.2, 0) is 24.2 Å². The van der Waals surface area contributed by atoms with Crippen LogP contribution in [0.25, 0.3) is 10.4 Å². The monoisotopic (exact) mass is 330 g/mol. The highest BCUT2D eigenvalue weighted by molar-refractivity contribution is 7.16. The molecule has 0 amide bonds. The second-order valence-corrected chi connectivity index (χ2v) is 8.05. The Morgan fingerprint density at radius 3 is 2.78 bits per heavy atom. The Bertz CT molecular complexity index is 743. The molecular formula is C19H22O3S. The van der Waals surface area contributed by atoms with Crippen molar-refractivity contribution in [2.24, 2.45) is 5.41 Å². The number of fused-ring (bicyclic) bond motifs is 1. The smallest absolute Gasteiger partial charge is 0.337 e. The van der Waals surface area contributed by atoms with E-state index in [1.165, 1.54) is 4.88 Å². The third kappa shape index (κ3) is 3.06. The van der Waals surface area contributed by atoms with Crippen LogP contribution in [0, 0.1) is 5.41 Å². The van der Waals surface area contributed by atoms with Crippen molar-refractivity contribution in [2.75, 3.05) is 7.11 Å². The molecule has 1 aromatic heterocycles. The number of thiophene rings is 1. The van der Waals surface area contributed by atoms with Gasteiger partial charge in [0.2, 0.25) is 0 Å². The van der Waals surface area contributed by atoms with Crippen LogP contribution in [0.3, 0.4) is 0 Å². The molecule has 4 heteroatoms. The molecule has 0 aliphatic heterocycles. The molecule has 1 N–H and O–H groups in total. The van der Waals surface area contributed by atoms with Gasteiger partial charge in [0.1, 0.15) is 0 Å². The summed E-state index contributed by atoms with van der Waals surface area (Å²) in [7, 11) is 1.66. The quantitative estimate of drug-likeness (QED) is 0.878. The average molecular weight is 330 g/mol. The maximum Gasteiger partial charge on any atom is 0.337 e. The second kappa shape index (κ2) is 6.10. The Labute approximate surface area is 140 Å². The van der Waals surface area contributed by atoms with Crippen molar-refractivity contribution < 1.29 is 14.6 Å². The lowest BCUT2D eigenvalue weighted by atomic mass is 9.76. The zero-order chi connectivity index (χ0) is 16.6. The minimum Gasteiger partial charge on any atom is -0.478 e. The van der Waals surface area contributed by atoms with E-state index in [-0.39, 0.29) is 5.41 Å². The Morgan fingerprint density at radius 1 is 1.35 bits per heavy atom. The van der Waals surface area contributed by atoms with Gasteiger partial charge in [-0.1, -0.05) is 38.1 Å². The third-order valence-corrected chi connectivity index (χ3v) is 5.82. The van der Waals surface area contributed by atoms with Crippen molar-refractivity contribution in [3.05, 3.63) is 45.8 Å². The molecule has 23 heavy (non-hydrogen) atoms. The van der Waals surface area contributed by atoms with E-state index in [0.29, 0.717) is 12.2 Å². The highest BCUT2D eigenvalue weighted by Crippen LogP contribution is 2.45. The molecule has 3 nitrogen and oxygen atoms in total. The molecule has 1 aliphatic rings. The Balaban J connectivity index is 2.17. The molecule has 2 aromatic rings. The van der Waals surface area contributed by atoms with Gasteiger partial charge in [0.25, 0.3) is 0 Å². The van der Waals surface area contributed by atoms with E-state index in [0.717, 1.165) is 40.8 Å². The molecule has 1 aliphatic carbocycles. The van der Waals surface area contributed by atoms with Crippen LogP contribution >= 0.6 is 11.3 Å². The van der Waals surface area contributed by atoms with Crippen molar-refractivity contribution in [1.29, 1.82) is 0 Å². The molecule has 0 spiro atoms. The first-order valence-corrected chi connectivity index (χ1v) is 8.69. The van der Waals surface area contributed by atoms with Gasteiger partial charge in [0.05, 0.1) is 12.2 Å². The molecule has 122 valence electrons. The third-order valence-electron chi connectivity index (χ3n) is 4.56. The number of hydrogen-bond acceptors (Lipinski definition) is 3. The molecule has 0 atom stereocenters. The van der Waals surface area contributed by atoms with E-state index in [2.05, 4.69) is 13.8 Å². The Kier molecular flexibility index (Phi) is 4.30. The Hall–Kier alpha value is -1.65. The number of rotatable bonds is 4. The fourth-order valence-electron chi connectivity index (χ4n) is 3.34. The standard InChI is InChI=1S/C19H22O3S/c1-19(2)9-8-14-15(10-19)23-17(16(14)18(20)21)13-7-5-4-6-12(13)11-22-3/h4-7H,8-11H2,1-3H3,(H,20,21). The Morgan fingerprint density at radius 2 is 2.09 bits per heavy atom. The highest BCUT2D eigenvalue weighted by atomic mass is 32.1. The van der Waals surface area contributed by atoms with E-state index in [1.807, 2.05) is 24.3 Å². The number of methoxy groups -OCH3 is 1. The van der Waals surface area contributed by atoms with Crippen molar-refractivity contribution in [2.45, 2.75) is 39.7 Å². The van der Waals surface area contributed by atoms with E-state index in [1.54, 1.807) is 18.4 Å². The average Bonchev–Trinajstić information content (AvgIpc) is 2.85. The SMILES string of the molecule is COCc1ccccc1-c1sc2c(c1C(=O)O)CCC(C)(C)C2. The number of carboxylic acid groups (broad SMARTS) is 1. The summed E-state index contributed by atoms with van der Waals surface area (Å²) >= 11 is 1.65. The van der Waals surface area contributed by atoms with Crippen molar-refractivity contribution in [3.63, 3.8) is 0 Å². The zero-order valence-electron chi connectivity index (χ0n) is 13.8. The van der Waals surface area contributed by atoms with Gasteiger partial charge < -0.3 is 9.84 Å². The van der Waals surface area contributed by atoms with Gasteiger partial charge >= 0.3 is 5.97 Å². The lowest BCUT2D eigenvalue weighted by Gasteiger charge is -2.29. The highest BCUT2D eigenvalue weighted by Gasteiger charge is 2.32. The predicted molar refractivity (Wildman–Crippen MR) is 93.2 cm³/mol. The summed E-state index contributed by atoms with van der Waals surface area (Å²) in [4.78, 5) is 14.1. The van der Waals surface area contributed by atoms with Crippen LogP contribution in [0.15, 0.2) is 24.3 Å². The normalized spacial score (nSPS) is 16.1. The number of benzene rings is 1. The lowest BCUT2D eigenvalue weighted by Crippen LogP contribution is -2.21. The van der Waals surface area contributed by atoms with E-state index in [9.17, 15) is 9.90 Å². The molecule has 0 saturated carbocycles. The fraction of sp³-hybridized carbons (Fsp3) is 0.421. The molecule has 0 bridgehead atoms. The van der Waals surface area contributed by atoms with E-state index >= 15 is 0 Å². The van der Waals surface area contributed by atoms with Crippen molar-refractivity contribution in [1.82, 2.24) is 0 Å². The van der Waals surface area contributed by atoms with Crippen LogP contribution in [0.5, 0.6) is 0 Å². The summed E-state index contributed by atoms with van der Waals surface area (Å²) in [5.74, 6) is -0.815. The van der Waals surface area contributed by atoms with Gasteiger partial charge in [0, 0.05) is 16.9 Å². The summed E-state index contributed by atoms with van der Waals surface area (Å²) in [5.41, 5.74) is 3.82. The number of carboxylic acids is 1. The zero-order valence-corrected chi connectivity index (χ0v) is 14.6. The van der Waals surface area contributed by atoms with Crippen molar-refractivity contribution >= 4 is 17.3 Å². The number of ether oxygens (including phenoxy) is 1. The van der Waals surface area contributed by atoms with Gasteiger partial charge in [-0.3, -0.25) is 0 Å². The first-order valence-electron chi connectivity index (χ1n) is 7.88. The number of hydrogen-bond donors (Lipinski definition) is 1. The van der Waals surface area contributed by atoms with Crippen molar-refractivity contribution in [3.8, 4) is 10.4 Å². The van der Waals surface area contributed by atoms with Gasteiger partial charge in [-0.25, -0.2) is 4.79 Å². The molecule has 3 rings (SSSR count). The van der Waals surface area contributed by atoms with Crippen LogP contribution in [0.2, 0.25) is 0 Å². The van der Waals surface area contributed by atoms with Gasteiger partial charge in [0.15, 0.2) is 0 Å². The summed E-state index contributed by atoms with van der Waals surface area (Å²) < 4.78 is 5.28. The van der Waals surface area contributed by atoms with E-state index < -0.39 is 5.97 Å². The summed E-state index contributed by atoms with van der Waals surface area (Å²) in [6.45, 7) is 5.01. The topological polar surface area (TPSA) is 46.5 Å². The van der Waals surface area contributed by atoms with Gasteiger partial charge in [-0.2, -0.15) is 0 Å². The molecule has 1 heterocycles. The fourth-order valence-corrected chi connectivity index (χ4v) is 5.00. The van der Waals surface area contributed by atoms with Gasteiger partial charge in [-0.05, 0) is 41.4 Å². The lowest BCUT2D eigenvalue weighted by molar-refractivity contribution is 0.0696. The number of carbonyl (C=O) groups is 1. The minimum atomic E-state index is -0.815. The number of aromatic carboxylic acids is 1. The van der Waals surface area contributed by atoms with Crippen LogP contribution < -0.4 is 0 Å².